The Balaban J connectivity index is 0.898. The number of aromatic nitrogens is 1. The van der Waals surface area contributed by atoms with E-state index in [0.717, 1.165) is 16.7 Å². The van der Waals surface area contributed by atoms with Gasteiger partial charge in [0.25, 0.3) is 0 Å². The van der Waals surface area contributed by atoms with Crippen LogP contribution in [0.15, 0.2) is 322 Å². The molecule has 1 nitrogen and oxygen atoms in total. The number of nitrogens with zero attached hydrogens (tertiary/aromatic N) is 1. The minimum atomic E-state index is 1.15. The summed E-state index contributed by atoms with van der Waals surface area (Å²) in [5.74, 6) is 0. The summed E-state index contributed by atoms with van der Waals surface area (Å²) >= 11 is 0. The number of hydrogen-bond acceptors (Lipinski definition) is 0. The highest BCUT2D eigenvalue weighted by Crippen LogP contribution is 2.47. The average Bonchev–Trinajstić information content (AvgIpc) is 2.16. The first-order chi connectivity index (χ1) is 42.2. The Morgan fingerprint density at radius 3 is 1.04 bits per heavy atom. The molecule has 0 fully saturated rings. The fraction of sp³-hybridized carbons (Fsp3) is 0. The van der Waals surface area contributed by atoms with Gasteiger partial charge in [0.1, 0.15) is 0 Å². The minimum absolute atomic E-state index is 1.15. The van der Waals surface area contributed by atoms with Crippen LogP contribution in [0.1, 0.15) is 0 Å². The van der Waals surface area contributed by atoms with E-state index >= 15 is 0 Å². The van der Waals surface area contributed by atoms with Gasteiger partial charge in [-0.25, -0.2) is 0 Å². The quantitative estimate of drug-likeness (QED) is 0.134. The zero-order valence-corrected chi connectivity index (χ0v) is 46.5. The minimum Gasteiger partial charge on any atom is -0.309 e. The first-order valence-electron chi connectivity index (χ1n) is 29.5. The lowest BCUT2D eigenvalue weighted by Gasteiger charge is -2.17. The predicted octanol–water partition coefficient (Wildman–Crippen LogP) is 23.4. The van der Waals surface area contributed by atoms with Crippen LogP contribution in [0.25, 0.3) is 170 Å². The number of benzene rings is 16. The molecule has 0 aliphatic heterocycles. The van der Waals surface area contributed by atoms with E-state index < -0.39 is 0 Å². The third-order valence-electron chi connectivity index (χ3n) is 18.0. The number of hydrogen-bond donors (Lipinski definition) is 0. The topological polar surface area (TPSA) is 4.93 Å². The molecular formula is C84H53N. The second-order valence-corrected chi connectivity index (χ2v) is 22.6. The van der Waals surface area contributed by atoms with Crippen molar-refractivity contribution < 1.29 is 0 Å². The van der Waals surface area contributed by atoms with E-state index in [-0.39, 0.29) is 0 Å². The highest BCUT2D eigenvalue weighted by atomic mass is 15.0. The van der Waals surface area contributed by atoms with Crippen molar-refractivity contribution in [2.75, 3.05) is 0 Å². The SMILES string of the molecule is c1ccc(-c2cc(-c3cc4ccccc4c4ccccc34)ccc2-c2ccc3c(c2)c2cc(-c4ccc(-c5cc6ccccc6c6ccccc56)cc4-c4ccccc4)ccc2n3-c2ccc(-c3cccc4ccccc34)c3ccccc23)cc1. The fourth-order valence-electron chi connectivity index (χ4n) is 14.0. The Morgan fingerprint density at radius 2 is 0.518 bits per heavy atom. The van der Waals surface area contributed by atoms with E-state index in [9.17, 15) is 0 Å². The molecular weight excluding hydrogens is 1020 g/mol. The molecule has 0 saturated heterocycles. The first-order valence-corrected chi connectivity index (χ1v) is 29.5. The molecule has 394 valence electrons. The predicted molar refractivity (Wildman–Crippen MR) is 364 cm³/mol. The molecule has 0 aliphatic rings. The van der Waals surface area contributed by atoms with Crippen LogP contribution in [0, 0.1) is 0 Å². The second kappa shape index (κ2) is 19.8. The molecule has 1 aromatic heterocycles. The van der Waals surface area contributed by atoms with Gasteiger partial charge >= 0.3 is 0 Å². The van der Waals surface area contributed by atoms with Crippen LogP contribution in [0.2, 0.25) is 0 Å². The molecule has 0 radical (unpaired) electrons. The second-order valence-electron chi connectivity index (χ2n) is 22.6. The van der Waals surface area contributed by atoms with Gasteiger partial charge in [-0.1, -0.05) is 267 Å². The molecule has 85 heavy (non-hydrogen) atoms. The van der Waals surface area contributed by atoms with Crippen molar-refractivity contribution in [2.45, 2.75) is 0 Å². The molecule has 0 saturated carbocycles. The molecule has 0 N–H and O–H groups in total. The highest BCUT2D eigenvalue weighted by molar-refractivity contribution is 6.18. The fourth-order valence-corrected chi connectivity index (χ4v) is 14.0. The third-order valence-corrected chi connectivity index (χ3v) is 18.0. The Bertz CT molecular complexity index is 5260. The van der Waals surface area contributed by atoms with E-state index in [1.165, 1.54) is 153 Å². The van der Waals surface area contributed by atoms with Gasteiger partial charge in [-0.15, -0.1) is 0 Å². The van der Waals surface area contributed by atoms with Crippen LogP contribution in [0.5, 0.6) is 0 Å². The lowest BCUT2D eigenvalue weighted by molar-refractivity contribution is 1.20. The van der Waals surface area contributed by atoms with Crippen LogP contribution in [-0.4, -0.2) is 4.57 Å². The van der Waals surface area contributed by atoms with E-state index in [2.05, 4.69) is 326 Å². The number of rotatable bonds is 8. The molecule has 0 amide bonds. The van der Waals surface area contributed by atoms with Gasteiger partial charge in [0.05, 0.1) is 16.7 Å². The van der Waals surface area contributed by atoms with Crippen LogP contribution < -0.4 is 0 Å². The van der Waals surface area contributed by atoms with Crippen LogP contribution in [-0.2, 0) is 0 Å². The van der Waals surface area contributed by atoms with E-state index in [4.69, 9.17) is 0 Å². The van der Waals surface area contributed by atoms with Gasteiger partial charge in [0.15, 0.2) is 0 Å². The summed E-state index contributed by atoms with van der Waals surface area (Å²) < 4.78 is 2.52. The summed E-state index contributed by atoms with van der Waals surface area (Å²) in [6.45, 7) is 0. The lowest BCUT2D eigenvalue weighted by atomic mass is 9.87. The third kappa shape index (κ3) is 8.00. The molecule has 1 heteroatoms. The van der Waals surface area contributed by atoms with E-state index in [1.807, 2.05) is 0 Å². The first kappa shape index (κ1) is 48.6. The largest absolute Gasteiger partial charge is 0.309 e. The summed E-state index contributed by atoms with van der Waals surface area (Å²) in [5, 5.41) is 17.4. The van der Waals surface area contributed by atoms with Crippen molar-refractivity contribution in [3.63, 3.8) is 0 Å². The van der Waals surface area contributed by atoms with Crippen LogP contribution in [0.3, 0.4) is 0 Å². The monoisotopic (exact) mass is 1080 g/mol. The summed E-state index contributed by atoms with van der Waals surface area (Å²) in [6, 6.07) is 120. The molecule has 1 heterocycles. The summed E-state index contributed by atoms with van der Waals surface area (Å²) in [6.07, 6.45) is 0. The molecule has 0 aliphatic carbocycles. The van der Waals surface area contributed by atoms with Gasteiger partial charge in [-0.2, -0.15) is 0 Å². The van der Waals surface area contributed by atoms with Gasteiger partial charge in [0.2, 0.25) is 0 Å². The maximum atomic E-state index is 2.52. The van der Waals surface area contributed by atoms with Crippen LogP contribution in [0.4, 0.5) is 0 Å². The summed E-state index contributed by atoms with van der Waals surface area (Å²) in [5.41, 5.74) is 20.2. The standard InChI is InChI=1S/C84H53N/c1-3-20-55(21-4-1)76-50-61(78-48-57-25-8-11-29-64(57)68-31-13-15-34-72(68)78)38-42-66(76)59-40-45-83-80(52-59)81-53-60(41-46-84(81)85(83)82-47-44-74(71-33-17-18-36-75(71)82)70-37-19-27-54-24-7-10-28-63(54)70)67-43-39-62(51-77(67)56-22-5-2-6-23-56)79-49-58-26-9-12-30-65(58)69-32-14-16-35-73(69)79/h1-53H. The maximum Gasteiger partial charge on any atom is 0.0541 e. The van der Waals surface area contributed by atoms with E-state index in [0.29, 0.717) is 0 Å². The molecule has 17 aromatic rings. The molecule has 0 unspecified atom stereocenters. The van der Waals surface area contributed by atoms with Gasteiger partial charge < -0.3 is 4.57 Å². The normalized spacial score (nSPS) is 11.8. The molecule has 16 aromatic carbocycles. The van der Waals surface area contributed by atoms with Crippen molar-refractivity contribution in [3.8, 4) is 83.6 Å². The Kier molecular flexibility index (Phi) is 11.3. The Hall–Kier alpha value is -11.1. The summed E-state index contributed by atoms with van der Waals surface area (Å²) in [7, 11) is 0. The molecule has 0 bridgehead atoms. The molecule has 17 rings (SSSR count). The number of fused-ring (bicyclic) bond motifs is 11. The van der Waals surface area contributed by atoms with Gasteiger partial charge in [-0.3, -0.25) is 0 Å². The van der Waals surface area contributed by atoms with Crippen LogP contribution >= 0.6 is 0 Å². The summed E-state index contributed by atoms with van der Waals surface area (Å²) in [4.78, 5) is 0. The zero-order chi connectivity index (χ0) is 56.0. The van der Waals surface area contributed by atoms with Crippen molar-refractivity contribution >= 4 is 86.4 Å². The van der Waals surface area contributed by atoms with Gasteiger partial charge in [-0.05, 0) is 192 Å². The van der Waals surface area contributed by atoms with Gasteiger partial charge in [0, 0.05) is 16.2 Å². The average molecular weight is 1080 g/mol. The smallest absolute Gasteiger partial charge is 0.0541 e. The van der Waals surface area contributed by atoms with Crippen molar-refractivity contribution in [3.05, 3.63) is 322 Å². The Morgan fingerprint density at radius 1 is 0.153 bits per heavy atom. The lowest BCUT2D eigenvalue weighted by Crippen LogP contribution is -1.97. The molecule has 0 spiro atoms. The molecule has 0 atom stereocenters. The van der Waals surface area contributed by atoms with Crippen molar-refractivity contribution in [1.82, 2.24) is 4.57 Å². The highest BCUT2D eigenvalue weighted by Gasteiger charge is 2.22. The van der Waals surface area contributed by atoms with Crippen molar-refractivity contribution in [2.24, 2.45) is 0 Å². The zero-order valence-electron chi connectivity index (χ0n) is 46.5. The maximum absolute atomic E-state index is 2.52. The Labute approximate surface area is 493 Å². The van der Waals surface area contributed by atoms with E-state index in [1.54, 1.807) is 0 Å². The van der Waals surface area contributed by atoms with Crippen molar-refractivity contribution in [1.29, 1.82) is 0 Å².